The predicted molar refractivity (Wildman–Crippen MR) is 62.7 cm³/mol. The Labute approximate surface area is 95.2 Å². The van der Waals surface area contributed by atoms with Gasteiger partial charge in [0.05, 0.1) is 12.0 Å². The van der Waals surface area contributed by atoms with Crippen LogP contribution < -0.4 is 5.73 Å². The average Bonchev–Trinajstić information content (AvgIpc) is 2.15. The molecule has 6 heteroatoms. The quantitative estimate of drug-likeness (QED) is 0.553. The molecule has 0 aliphatic carbocycles. The lowest BCUT2D eigenvalue weighted by Gasteiger charge is -2.40. The third-order valence-corrected chi connectivity index (χ3v) is 3.07. The Morgan fingerprint density at radius 3 is 2.50 bits per heavy atom. The van der Waals surface area contributed by atoms with Crippen molar-refractivity contribution in [1.82, 2.24) is 0 Å². The Balaban J connectivity index is 3.26. The van der Waals surface area contributed by atoms with Crippen LogP contribution in [0.5, 0.6) is 0 Å². The molecule has 4 N–H and O–H groups in total. The summed E-state index contributed by atoms with van der Waals surface area (Å²) in [6.45, 7) is 5.85. The van der Waals surface area contributed by atoms with Crippen LogP contribution in [0.15, 0.2) is 16.5 Å². The molecule has 0 aromatic carbocycles. The molecule has 1 atom stereocenters. The SMILES string of the molecule is CC(C)(C)[C@]1(C(N)=O)C=C(B(O)O)C=NC1. The first-order valence-corrected chi connectivity index (χ1v) is 5.09. The molecule has 0 bridgehead atoms. The molecule has 0 aromatic rings. The maximum absolute atomic E-state index is 11.6. The van der Waals surface area contributed by atoms with Gasteiger partial charge in [-0.3, -0.25) is 9.79 Å². The number of rotatable bonds is 2. The average molecular weight is 224 g/mol. The highest BCUT2D eigenvalue weighted by atomic mass is 16.4. The van der Waals surface area contributed by atoms with E-state index in [-0.39, 0.29) is 12.0 Å². The number of nitrogens with two attached hydrogens (primary N) is 1. The zero-order valence-corrected chi connectivity index (χ0v) is 9.77. The van der Waals surface area contributed by atoms with Gasteiger partial charge in [-0.2, -0.15) is 0 Å². The third kappa shape index (κ3) is 2.03. The molecule has 1 rings (SSSR count). The first-order valence-electron chi connectivity index (χ1n) is 5.09. The highest BCUT2D eigenvalue weighted by Crippen LogP contribution is 2.42. The summed E-state index contributed by atoms with van der Waals surface area (Å²) < 4.78 is 0. The van der Waals surface area contributed by atoms with Gasteiger partial charge in [0.2, 0.25) is 5.91 Å². The number of aliphatic imine (C=N–C) groups is 1. The second kappa shape index (κ2) is 4.03. The molecular formula is C10H17BN2O3. The van der Waals surface area contributed by atoms with Gasteiger partial charge in [0, 0.05) is 6.21 Å². The number of amides is 1. The van der Waals surface area contributed by atoms with Crippen LogP contribution in [0.2, 0.25) is 0 Å². The highest BCUT2D eigenvalue weighted by molar-refractivity contribution is 6.57. The molecule has 1 heterocycles. The van der Waals surface area contributed by atoms with E-state index in [1.807, 2.05) is 20.8 Å². The molecule has 0 radical (unpaired) electrons. The number of hydrogen-bond acceptors (Lipinski definition) is 4. The Morgan fingerprint density at radius 1 is 1.56 bits per heavy atom. The molecule has 16 heavy (non-hydrogen) atoms. The number of carbonyl (C=O) groups is 1. The van der Waals surface area contributed by atoms with E-state index in [1.165, 1.54) is 12.3 Å². The number of hydrogen-bond donors (Lipinski definition) is 3. The summed E-state index contributed by atoms with van der Waals surface area (Å²) in [4.78, 5) is 15.6. The van der Waals surface area contributed by atoms with Crippen molar-refractivity contribution >= 4 is 19.2 Å². The Kier molecular flexibility index (Phi) is 3.26. The number of allylic oxidation sites excluding steroid dienone is 1. The molecule has 0 unspecified atom stereocenters. The molecule has 5 nitrogen and oxygen atoms in total. The van der Waals surface area contributed by atoms with Gasteiger partial charge in [-0.25, -0.2) is 0 Å². The van der Waals surface area contributed by atoms with Gasteiger partial charge >= 0.3 is 7.12 Å². The van der Waals surface area contributed by atoms with Crippen molar-refractivity contribution in [1.29, 1.82) is 0 Å². The Hall–Kier alpha value is -1.14. The van der Waals surface area contributed by atoms with Crippen LogP contribution in [0.25, 0.3) is 0 Å². The van der Waals surface area contributed by atoms with Crippen LogP contribution in [0.1, 0.15) is 20.8 Å². The van der Waals surface area contributed by atoms with Gasteiger partial charge in [0.1, 0.15) is 0 Å². The van der Waals surface area contributed by atoms with Crippen molar-refractivity contribution in [3.63, 3.8) is 0 Å². The van der Waals surface area contributed by atoms with E-state index >= 15 is 0 Å². The lowest BCUT2D eigenvalue weighted by molar-refractivity contribution is -0.129. The van der Waals surface area contributed by atoms with E-state index in [1.54, 1.807) is 0 Å². The van der Waals surface area contributed by atoms with Crippen molar-refractivity contribution < 1.29 is 14.8 Å². The van der Waals surface area contributed by atoms with Crippen LogP contribution in [-0.4, -0.2) is 35.8 Å². The van der Waals surface area contributed by atoms with E-state index in [9.17, 15) is 4.79 Å². The maximum Gasteiger partial charge on any atom is 0.489 e. The zero-order chi connectivity index (χ0) is 12.6. The molecule has 1 aliphatic rings. The van der Waals surface area contributed by atoms with Gasteiger partial charge in [-0.05, 0) is 10.9 Å². The van der Waals surface area contributed by atoms with Crippen molar-refractivity contribution in [3.8, 4) is 0 Å². The largest absolute Gasteiger partial charge is 0.489 e. The van der Waals surface area contributed by atoms with Crippen LogP contribution in [0, 0.1) is 10.8 Å². The molecule has 1 aliphatic heterocycles. The maximum atomic E-state index is 11.6. The molecule has 1 amide bonds. The lowest BCUT2D eigenvalue weighted by Crippen LogP contribution is -2.49. The van der Waals surface area contributed by atoms with E-state index in [0.717, 1.165) is 0 Å². The fraction of sp³-hybridized carbons (Fsp3) is 0.600. The molecule has 0 spiro atoms. The van der Waals surface area contributed by atoms with E-state index in [2.05, 4.69) is 4.99 Å². The number of primary amides is 1. The predicted octanol–water partition coefficient (Wildman–Crippen LogP) is -0.473. The summed E-state index contributed by atoms with van der Waals surface area (Å²) in [5.74, 6) is -0.505. The fourth-order valence-electron chi connectivity index (χ4n) is 1.78. The first kappa shape index (κ1) is 12.9. The van der Waals surface area contributed by atoms with Crippen LogP contribution in [0.3, 0.4) is 0 Å². The molecular weight excluding hydrogens is 207 g/mol. The zero-order valence-electron chi connectivity index (χ0n) is 9.77. The number of carbonyl (C=O) groups excluding carboxylic acids is 1. The van der Waals surface area contributed by atoms with Crippen molar-refractivity contribution in [2.45, 2.75) is 20.8 Å². The minimum absolute atomic E-state index is 0.208. The van der Waals surface area contributed by atoms with Gasteiger partial charge in [0.15, 0.2) is 0 Å². The summed E-state index contributed by atoms with van der Waals surface area (Å²) in [5, 5.41) is 18.2. The standard InChI is InChI=1S/C10H17BN2O3/c1-9(2,3)10(8(12)14)4-7(11(15)16)5-13-6-10/h4-5,15-16H,6H2,1-3H3,(H2,12,14)/t10-/m1/s1. The highest BCUT2D eigenvalue weighted by Gasteiger charge is 2.47. The second-order valence-electron chi connectivity index (χ2n) is 5.07. The lowest BCUT2D eigenvalue weighted by atomic mass is 9.61. The smallest absolute Gasteiger partial charge is 0.423 e. The molecule has 0 saturated carbocycles. The van der Waals surface area contributed by atoms with Crippen LogP contribution >= 0.6 is 0 Å². The molecule has 0 saturated heterocycles. The molecule has 0 fully saturated rings. The van der Waals surface area contributed by atoms with Gasteiger partial charge in [0.25, 0.3) is 0 Å². The minimum Gasteiger partial charge on any atom is -0.423 e. The van der Waals surface area contributed by atoms with Crippen molar-refractivity contribution in [3.05, 3.63) is 11.5 Å². The normalized spacial score (nSPS) is 25.2. The third-order valence-electron chi connectivity index (χ3n) is 3.07. The van der Waals surface area contributed by atoms with Crippen molar-refractivity contribution in [2.75, 3.05) is 6.54 Å². The summed E-state index contributed by atoms with van der Waals surface area (Å²) in [6.07, 6.45) is 2.88. The van der Waals surface area contributed by atoms with E-state index in [4.69, 9.17) is 15.8 Å². The van der Waals surface area contributed by atoms with E-state index in [0.29, 0.717) is 0 Å². The number of dihydropyridines is 1. The van der Waals surface area contributed by atoms with Crippen LogP contribution in [0.4, 0.5) is 0 Å². The molecule has 88 valence electrons. The summed E-state index contributed by atoms with van der Waals surface area (Å²) in [7, 11) is -1.63. The van der Waals surface area contributed by atoms with Crippen LogP contribution in [-0.2, 0) is 4.79 Å². The fourth-order valence-corrected chi connectivity index (χ4v) is 1.78. The van der Waals surface area contributed by atoms with Gasteiger partial charge in [-0.15, -0.1) is 0 Å². The first-order chi connectivity index (χ1) is 7.21. The minimum atomic E-state index is -1.63. The summed E-state index contributed by atoms with van der Waals surface area (Å²) in [5.41, 5.74) is 4.23. The van der Waals surface area contributed by atoms with Gasteiger partial charge < -0.3 is 15.8 Å². The monoisotopic (exact) mass is 224 g/mol. The summed E-state index contributed by atoms with van der Waals surface area (Å²) >= 11 is 0. The van der Waals surface area contributed by atoms with Gasteiger partial charge in [-0.1, -0.05) is 26.8 Å². The Bertz CT molecular complexity index is 358. The van der Waals surface area contributed by atoms with Crippen molar-refractivity contribution in [2.24, 2.45) is 21.6 Å². The summed E-state index contributed by atoms with van der Waals surface area (Å²) in [6, 6.07) is 0. The number of nitrogens with zero attached hydrogens (tertiary/aromatic N) is 1. The van der Waals surface area contributed by atoms with E-state index < -0.39 is 23.9 Å². The second-order valence-corrected chi connectivity index (χ2v) is 5.07. The molecule has 0 aromatic heterocycles. The Morgan fingerprint density at radius 2 is 2.12 bits per heavy atom. The topological polar surface area (TPSA) is 95.9 Å².